The average Bonchev–Trinajstić information content (AvgIpc) is 2.56. The molecule has 0 heterocycles. The maximum absolute atomic E-state index is 12.6. The van der Waals surface area contributed by atoms with Gasteiger partial charge in [-0.3, -0.25) is 4.79 Å². The van der Waals surface area contributed by atoms with Crippen LogP contribution in [0.1, 0.15) is 37.9 Å². The van der Waals surface area contributed by atoms with Crippen LogP contribution in [-0.2, 0) is 4.79 Å². The van der Waals surface area contributed by atoms with Gasteiger partial charge in [-0.15, -0.1) is 18.2 Å². The highest BCUT2D eigenvalue weighted by Crippen LogP contribution is 2.23. The van der Waals surface area contributed by atoms with Crippen molar-refractivity contribution in [2.45, 2.75) is 38.3 Å². The van der Waals surface area contributed by atoms with Gasteiger partial charge in [0, 0.05) is 18.8 Å². The molecule has 0 radical (unpaired) electrons. The topological polar surface area (TPSA) is 40.5 Å². The molecule has 3 atom stereocenters. The van der Waals surface area contributed by atoms with Gasteiger partial charge in [-0.1, -0.05) is 36.4 Å². The zero-order chi connectivity index (χ0) is 16.5. The first-order chi connectivity index (χ1) is 10.5. The third-order valence-electron chi connectivity index (χ3n) is 4.04. The van der Waals surface area contributed by atoms with E-state index in [4.69, 9.17) is 11.6 Å². The van der Waals surface area contributed by atoms with Crippen LogP contribution in [0.3, 0.4) is 0 Å². The number of alkyl halides is 1. The van der Waals surface area contributed by atoms with Crippen molar-refractivity contribution in [1.82, 2.24) is 4.90 Å². The van der Waals surface area contributed by atoms with E-state index < -0.39 is 6.10 Å². The van der Waals surface area contributed by atoms with Crippen LogP contribution in [0, 0.1) is 5.92 Å². The van der Waals surface area contributed by atoms with Crippen molar-refractivity contribution in [2.24, 2.45) is 5.92 Å². The second-order valence-electron chi connectivity index (χ2n) is 5.60. The Hall–Kier alpha value is -1.32. The van der Waals surface area contributed by atoms with Gasteiger partial charge in [-0.05, 0) is 31.7 Å². The molecule has 0 saturated carbocycles. The van der Waals surface area contributed by atoms with Crippen LogP contribution in [0.2, 0.25) is 0 Å². The first kappa shape index (κ1) is 18.7. The monoisotopic (exact) mass is 323 g/mol. The number of aliphatic hydroxyl groups is 1. The Morgan fingerprint density at radius 3 is 2.59 bits per heavy atom. The Morgan fingerprint density at radius 1 is 1.41 bits per heavy atom. The van der Waals surface area contributed by atoms with Crippen molar-refractivity contribution in [2.75, 3.05) is 12.9 Å². The van der Waals surface area contributed by atoms with E-state index in [1.54, 1.807) is 18.0 Å². The summed E-state index contributed by atoms with van der Waals surface area (Å²) < 4.78 is 0. The van der Waals surface area contributed by atoms with Crippen LogP contribution in [0.4, 0.5) is 0 Å². The fraction of sp³-hybridized carbons (Fsp3) is 0.500. The lowest BCUT2D eigenvalue weighted by atomic mass is 9.96. The van der Waals surface area contributed by atoms with E-state index in [2.05, 4.69) is 6.58 Å². The number of rotatable bonds is 9. The zero-order valence-corrected chi connectivity index (χ0v) is 14.2. The molecule has 0 bridgehead atoms. The number of hydrogen-bond acceptors (Lipinski definition) is 2. The van der Waals surface area contributed by atoms with Crippen molar-refractivity contribution in [3.63, 3.8) is 0 Å². The molecule has 1 N–H and O–H groups in total. The molecule has 0 aliphatic carbocycles. The van der Waals surface area contributed by atoms with Gasteiger partial charge in [0.25, 0.3) is 0 Å². The first-order valence-electron chi connectivity index (χ1n) is 7.69. The lowest BCUT2D eigenvalue weighted by Gasteiger charge is -2.32. The van der Waals surface area contributed by atoms with Crippen LogP contribution in [0.15, 0.2) is 43.0 Å². The zero-order valence-electron chi connectivity index (χ0n) is 13.4. The minimum absolute atomic E-state index is 0.0347. The number of likely N-dealkylation sites (N-methyl/N-ethyl adjacent to an activating group) is 1. The standard InChI is InChI=1S/C18H26ClNO2/c1-4-9-16(12-8-13-19)18(22)20(3)14(2)17(21)15-10-6-5-7-11-15/h4-7,10-11,14,16-17,21H,1,8-9,12-13H2,2-3H3. The number of hydrogen-bond donors (Lipinski definition) is 1. The molecule has 22 heavy (non-hydrogen) atoms. The number of halogens is 1. The number of aliphatic hydroxyl groups excluding tert-OH is 1. The summed E-state index contributed by atoms with van der Waals surface area (Å²) in [6.07, 6.45) is 3.24. The number of benzene rings is 1. The number of carbonyl (C=O) groups excluding carboxylic acids is 1. The summed E-state index contributed by atoms with van der Waals surface area (Å²) in [7, 11) is 1.75. The van der Waals surface area contributed by atoms with Crippen molar-refractivity contribution < 1.29 is 9.90 Å². The Morgan fingerprint density at radius 2 is 2.05 bits per heavy atom. The molecule has 0 spiro atoms. The summed E-state index contributed by atoms with van der Waals surface area (Å²) in [5, 5.41) is 10.5. The van der Waals surface area contributed by atoms with E-state index in [0.717, 1.165) is 18.4 Å². The summed E-state index contributed by atoms with van der Waals surface area (Å²) in [5.41, 5.74) is 0.815. The van der Waals surface area contributed by atoms with Crippen molar-refractivity contribution >= 4 is 17.5 Å². The molecule has 0 saturated heterocycles. The lowest BCUT2D eigenvalue weighted by molar-refractivity contribution is -0.138. The highest BCUT2D eigenvalue weighted by molar-refractivity contribution is 6.17. The Balaban J connectivity index is 2.76. The number of allylic oxidation sites excluding steroid dienone is 1. The minimum atomic E-state index is -0.701. The van der Waals surface area contributed by atoms with E-state index in [0.29, 0.717) is 12.3 Å². The van der Waals surface area contributed by atoms with Gasteiger partial charge in [0.1, 0.15) is 0 Å². The van der Waals surface area contributed by atoms with Gasteiger partial charge in [-0.25, -0.2) is 0 Å². The molecule has 1 rings (SSSR count). The van der Waals surface area contributed by atoms with Crippen LogP contribution in [0.25, 0.3) is 0 Å². The SMILES string of the molecule is C=CCC(CCCCl)C(=O)N(C)C(C)C(O)c1ccccc1. The second kappa shape index (κ2) is 9.65. The van der Waals surface area contributed by atoms with E-state index in [-0.39, 0.29) is 17.9 Å². The van der Waals surface area contributed by atoms with Gasteiger partial charge in [0.2, 0.25) is 5.91 Å². The summed E-state index contributed by atoms with van der Waals surface area (Å²) in [4.78, 5) is 14.3. The van der Waals surface area contributed by atoms with E-state index in [9.17, 15) is 9.90 Å². The van der Waals surface area contributed by atoms with Gasteiger partial charge >= 0.3 is 0 Å². The Bertz CT molecular complexity index is 463. The molecule has 1 amide bonds. The van der Waals surface area contributed by atoms with Crippen LogP contribution in [-0.4, -0.2) is 34.9 Å². The Kier molecular flexibility index (Phi) is 8.21. The summed E-state index contributed by atoms with van der Waals surface area (Å²) in [5.74, 6) is 0.464. The van der Waals surface area contributed by atoms with Gasteiger partial charge < -0.3 is 10.0 Å². The molecule has 122 valence electrons. The molecule has 3 unspecified atom stereocenters. The lowest BCUT2D eigenvalue weighted by Crippen LogP contribution is -2.42. The maximum atomic E-state index is 12.6. The van der Waals surface area contributed by atoms with Crippen molar-refractivity contribution in [1.29, 1.82) is 0 Å². The van der Waals surface area contributed by atoms with Crippen molar-refractivity contribution in [3.05, 3.63) is 48.6 Å². The summed E-state index contributed by atoms with van der Waals surface area (Å²) in [6, 6.07) is 9.12. The Labute approximate surface area is 138 Å². The van der Waals surface area contributed by atoms with Crippen LogP contribution in [0.5, 0.6) is 0 Å². The molecule has 4 heteroatoms. The molecular weight excluding hydrogens is 298 g/mol. The highest BCUT2D eigenvalue weighted by atomic mass is 35.5. The quantitative estimate of drug-likeness (QED) is 0.555. The normalized spacial score (nSPS) is 14.9. The van der Waals surface area contributed by atoms with Gasteiger partial charge in [0.15, 0.2) is 0 Å². The number of amides is 1. The third-order valence-corrected chi connectivity index (χ3v) is 4.31. The molecular formula is C18H26ClNO2. The van der Waals surface area contributed by atoms with E-state index >= 15 is 0 Å². The van der Waals surface area contributed by atoms with Gasteiger partial charge in [-0.2, -0.15) is 0 Å². The highest BCUT2D eigenvalue weighted by Gasteiger charge is 2.28. The molecule has 0 aromatic heterocycles. The second-order valence-corrected chi connectivity index (χ2v) is 5.98. The number of carbonyl (C=O) groups is 1. The predicted molar refractivity (Wildman–Crippen MR) is 91.9 cm³/mol. The predicted octanol–water partition coefficient (Wildman–Crippen LogP) is 3.78. The largest absolute Gasteiger partial charge is 0.386 e. The smallest absolute Gasteiger partial charge is 0.226 e. The van der Waals surface area contributed by atoms with Crippen molar-refractivity contribution in [3.8, 4) is 0 Å². The summed E-state index contributed by atoms with van der Waals surface area (Å²) >= 11 is 5.73. The number of nitrogens with zero attached hydrogens (tertiary/aromatic N) is 1. The van der Waals surface area contributed by atoms with Crippen LogP contribution < -0.4 is 0 Å². The molecule has 1 aromatic rings. The first-order valence-corrected chi connectivity index (χ1v) is 8.22. The molecule has 3 nitrogen and oxygen atoms in total. The van der Waals surface area contributed by atoms with E-state index in [1.165, 1.54) is 0 Å². The van der Waals surface area contributed by atoms with Crippen LogP contribution >= 0.6 is 11.6 Å². The molecule has 0 aliphatic heterocycles. The fourth-order valence-electron chi connectivity index (χ4n) is 2.50. The minimum Gasteiger partial charge on any atom is -0.386 e. The average molecular weight is 324 g/mol. The summed E-state index contributed by atoms with van der Waals surface area (Å²) in [6.45, 7) is 5.59. The molecule has 1 aromatic carbocycles. The molecule has 0 fully saturated rings. The molecule has 0 aliphatic rings. The fourth-order valence-corrected chi connectivity index (χ4v) is 2.65. The maximum Gasteiger partial charge on any atom is 0.226 e. The van der Waals surface area contributed by atoms with E-state index in [1.807, 2.05) is 37.3 Å². The van der Waals surface area contributed by atoms with Gasteiger partial charge in [0.05, 0.1) is 12.1 Å². The third kappa shape index (κ3) is 5.15.